The molecule has 2 aromatic carbocycles. The van der Waals surface area contributed by atoms with E-state index in [0.29, 0.717) is 5.69 Å². The Labute approximate surface area is 133 Å². The first-order valence-electron chi connectivity index (χ1n) is 6.94. The van der Waals surface area contributed by atoms with E-state index in [1.54, 1.807) is 53.0 Å². The molecule has 0 spiro atoms. The lowest BCUT2D eigenvalue weighted by Crippen LogP contribution is -1.99. The summed E-state index contributed by atoms with van der Waals surface area (Å²) in [5, 5.41) is 10.5. The van der Waals surface area contributed by atoms with Crippen LogP contribution in [0, 0.1) is 5.82 Å². The number of rotatable bonds is 4. The van der Waals surface area contributed by atoms with Crippen molar-refractivity contribution < 1.29 is 9.50 Å². The minimum absolute atomic E-state index is 0.288. The van der Waals surface area contributed by atoms with Gasteiger partial charge in [0, 0.05) is 22.9 Å². The molecule has 0 fully saturated rings. The zero-order chi connectivity index (χ0) is 15.5. The molecule has 0 aliphatic rings. The van der Waals surface area contributed by atoms with Crippen LogP contribution in [0.25, 0.3) is 5.69 Å². The van der Waals surface area contributed by atoms with Crippen molar-refractivity contribution in [1.82, 2.24) is 4.57 Å². The molecule has 4 heteroatoms. The number of halogens is 1. The van der Waals surface area contributed by atoms with Gasteiger partial charge in [0.1, 0.15) is 11.9 Å². The molecule has 0 amide bonds. The fourth-order valence-corrected chi connectivity index (χ4v) is 2.77. The molecule has 1 unspecified atom stereocenters. The molecule has 3 rings (SSSR count). The van der Waals surface area contributed by atoms with Crippen LogP contribution >= 0.6 is 11.8 Å². The molecule has 1 atom stereocenters. The van der Waals surface area contributed by atoms with Gasteiger partial charge in [-0.15, -0.1) is 11.8 Å². The Morgan fingerprint density at radius 1 is 1.00 bits per heavy atom. The zero-order valence-electron chi connectivity index (χ0n) is 12.1. The van der Waals surface area contributed by atoms with Gasteiger partial charge >= 0.3 is 0 Å². The molecule has 1 aromatic heterocycles. The number of nitrogens with zero attached hydrogens (tertiary/aromatic N) is 1. The quantitative estimate of drug-likeness (QED) is 0.721. The third-order valence-corrected chi connectivity index (χ3v) is 4.34. The lowest BCUT2D eigenvalue weighted by molar-refractivity contribution is 0.220. The van der Waals surface area contributed by atoms with E-state index in [2.05, 4.69) is 0 Å². The summed E-state index contributed by atoms with van der Waals surface area (Å²) in [6.45, 7) is 0. The molecule has 0 bridgehead atoms. The van der Waals surface area contributed by atoms with E-state index in [1.807, 2.05) is 30.5 Å². The number of thioether (sulfide) groups is 1. The fraction of sp³-hybridized carbons (Fsp3) is 0.111. The van der Waals surface area contributed by atoms with E-state index in [9.17, 15) is 9.50 Å². The van der Waals surface area contributed by atoms with Gasteiger partial charge in [0.05, 0.1) is 5.69 Å². The van der Waals surface area contributed by atoms with Crippen LogP contribution in [0.1, 0.15) is 17.2 Å². The van der Waals surface area contributed by atoms with Gasteiger partial charge in [-0.2, -0.15) is 0 Å². The van der Waals surface area contributed by atoms with Gasteiger partial charge in [-0.1, -0.05) is 24.3 Å². The Hall–Kier alpha value is -2.04. The van der Waals surface area contributed by atoms with E-state index in [-0.39, 0.29) is 5.82 Å². The minimum Gasteiger partial charge on any atom is -0.384 e. The number of hydrogen-bond donors (Lipinski definition) is 1. The molecule has 112 valence electrons. The average molecular weight is 313 g/mol. The Bertz CT molecular complexity index is 767. The van der Waals surface area contributed by atoms with Crippen molar-refractivity contribution in [3.05, 3.63) is 83.9 Å². The van der Waals surface area contributed by atoms with Crippen molar-refractivity contribution >= 4 is 11.8 Å². The predicted molar refractivity (Wildman–Crippen MR) is 88.0 cm³/mol. The van der Waals surface area contributed by atoms with Crippen LogP contribution in [-0.2, 0) is 0 Å². The molecule has 1 heterocycles. The lowest BCUT2D eigenvalue weighted by atomic mass is 10.0. The van der Waals surface area contributed by atoms with Gasteiger partial charge in [-0.3, -0.25) is 0 Å². The summed E-state index contributed by atoms with van der Waals surface area (Å²) < 4.78 is 15.5. The monoisotopic (exact) mass is 313 g/mol. The van der Waals surface area contributed by atoms with Crippen LogP contribution in [0.15, 0.2) is 71.9 Å². The van der Waals surface area contributed by atoms with Crippen molar-refractivity contribution in [2.75, 3.05) is 6.26 Å². The number of benzene rings is 2. The molecule has 0 saturated carbocycles. The zero-order valence-corrected chi connectivity index (χ0v) is 12.9. The van der Waals surface area contributed by atoms with Crippen molar-refractivity contribution in [1.29, 1.82) is 0 Å². The van der Waals surface area contributed by atoms with Gasteiger partial charge < -0.3 is 9.67 Å². The van der Waals surface area contributed by atoms with Crippen molar-refractivity contribution in [3.8, 4) is 5.69 Å². The van der Waals surface area contributed by atoms with Gasteiger partial charge in [0.2, 0.25) is 0 Å². The maximum atomic E-state index is 13.8. The van der Waals surface area contributed by atoms with E-state index >= 15 is 0 Å². The summed E-state index contributed by atoms with van der Waals surface area (Å²) in [6.07, 6.45) is 4.81. The Kier molecular flexibility index (Phi) is 4.32. The van der Waals surface area contributed by atoms with E-state index in [0.717, 1.165) is 16.0 Å². The second-order valence-electron chi connectivity index (χ2n) is 4.98. The molecular weight excluding hydrogens is 297 g/mol. The molecule has 0 aliphatic heterocycles. The molecule has 0 saturated heterocycles. The van der Waals surface area contributed by atoms with Crippen LogP contribution in [0.2, 0.25) is 0 Å². The van der Waals surface area contributed by atoms with Gasteiger partial charge in [-0.25, -0.2) is 4.39 Å². The van der Waals surface area contributed by atoms with E-state index in [4.69, 9.17) is 0 Å². The molecule has 0 radical (unpaired) electrons. The van der Waals surface area contributed by atoms with Crippen molar-refractivity contribution in [2.24, 2.45) is 0 Å². The largest absolute Gasteiger partial charge is 0.384 e. The smallest absolute Gasteiger partial charge is 0.147 e. The number of aliphatic hydroxyl groups excluding tert-OH is 1. The van der Waals surface area contributed by atoms with Crippen molar-refractivity contribution in [3.63, 3.8) is 0 Å². The third kappa shape index (κ3) is 2.93. The first kappa shape index (κ1) is 14.9. The SMILES string of the molecule is CSc1ccc(C(O)c2ccn(-c3ccccc3F)c2)cc1. The van der Waals surface area contributed by atoms with Gasteiger partial charge in [-0.05, 0) is 42.2 Å². The predicted octanol–water partition coefficient (Wildman–Crippen LogP) is 4.42. The Morgan fingerprint density at radius 2 is 1.73 bits per heavy atom. The van der Waals surface area contributed by atoms with Gasteiger partial charge in [0.15, 0.2) is 0 Å². The minimum atomic E-state index is -0.719. The summed E-state index contributed by atoms with van der Waals surface area (Å²) in [6, 6.07) is 16.2. The first-order chi connectivity index (χ1) is 10.7. The fourth-order valence-electron chi connectivity index (χ4n) is 2.36. The van der Waals surface area contributed by atoms with Crippen LogP contribution in [0.4, 0.5) is 4.39 Å². The number of aliphatic hydroxyl groups is 1. The van der Waals surface area contributed by atoms with Crippen LogP contribution in [0.5, 0.6) is 0 Å². The summed E-state index contributed by atoms with van der Waals surface area (Å²) >= 11 is 1.66. The molecule has 0 aliphatic carbocycles. The first-order valence-corrected chi connectivity index (χ1v) is 8.16. The summed E-state index contributed by atoms with van der Waals surface area (Å²) in [7, 11) is 0. The van der Waals surface area contributed by atoms with Crippen molar-refractivity contribution in [2.45, 2.75) is 11.0 Å². The highest BCUT2D eigenvalue weighted by molar-refractivity contribution is 7.98. The highest BCUT2D eigenvalue weighted by Crippen LogP contribution is 2.26. The molecule has 1 N–H and O–H groups in total. The standard InChI is InChI=1S/C18H16FNOS/c1-22-15-8-6-13(7-9-15)18(21)14-10-11-20(12-14)17-5-3-2-4-16(17)19/h2-12,18,21H,1H3. The van der Waals surface area contributed by atoms with Crippen LogP contribution in [-0.4, -0.2) is 15.9 Å². The number of hydrogen-bond acceptors (Lipinski definition) is 2. The normalized spacial score (nSPS) is 12.3. The number of para-hydroxylation sites is 1. The van der Waals surface area contributed by atoms with E-state index < -0.39 is 6.10 Å². The van der Waals surface area contributed by atoms with E-state index in [1.165, 1.54) is 6.07 Å². The highest BCUT2D eigenvalue weighted by atomic mass is 32.2. The Morgan fingerprint density at radius 3 is 2.41 bits per heavy atom. The second-order valence-corrected chi connectivity index (χ2v) is 5.86. The number of aromatic nitrogens is 1. The Balaban J connectivity index is 1.88. The molecular formula is C18H16FNOS. The summed E-state index contributed by atoms with van der Waals surface area (Å²) in [5.74, 6) is -0.288. The maximum absolute atomic E-state index is 13.8. The highest BCUT2D eigenvalue weighted by Gasteiger charge is 2.13. The topological polar surface area (TPSA) is 25.2 Å². The molecule has 3 aromatic rings. The summed E-state index contributed by atoms with van der Waals surface area (Å²) in [4.78, 5) is 1.15. The second kappa shape index (κ2) is 6.38. The third-order valence-electron chi connectivity index (χ3n) is 3.59. The molecule has 2 nitrogen and oxygen atoms in total. The molecule has 22 heavy (non-hydrogen) atoms. The van der Waals surface area contributed by atoms with Crippen LogP contribution < -0.4 is 0 Å². The lowest BCUT2D eigenvalue weighted by Gasteiger charge is -2.10. The van der Waals surface area contributed by atoms with Gasteiger partial charge in [0.25, 0.3) is 0 Å². The maximum Gasteiger partial charge on any atom is 0.147 e. The average Bonchev–Trinajstić information content (AvgIpc) is 3.04. The summed E-state index contributed by atoms with van der Waals surface area (Å²) in [5.41, 5.74) is 2.03. The van der Waals surface area contributed by atoms with Crippen LogP contribution in [0.3, 0.4) is 0 Å².